The van der Waals surface area contributed by atoms with Gasteiger partial charge in [0.15, 0.2) is 0 Å². The van der Waals surface area contributed by atoms with E-state index in [1.165, 1.54) is 12.1 Å². The zero-order chi connectivity index (χ0) is 27.5. The van der Waals surface area contributed by atoms with Crippen molar-refractivity contribution >= 4 is 24.2 Å². The number of carbonyl (C=O) groups is 2. The second-order valence-corrected chi connectivity index (χ2v) is 10.4. The molecule has 0 unspecified atom stereocenters. The molecule has 5 atom stereocenters. The Hall–Kier alpha value is -3.47. The third-order valence-corrected chi connectivity index (χ3v) is 5.34. The predicted octanol–water partition coefficient (Wildman–Crippen LogP) is 0.649. The van der Waals surface area contributed by atoms with E-state index in [9.17, 15) is 25.1 Å². The summed E-state index contributed by atoms with van der Waals surface area (Å²) in [5.74, 6) is -0.848. The minimum absolute atomic E-state index is 0.0337. The molecule has 0 aliphatic carbocycles. The largest absolute Gasteiger partial charge is 0.461 e. The van der Waals surface area contributed by atoms with Crippen molar-refractivity contribution in [2.45, 2.75) is 77.1 Å². The lowest BCUT2D eigenvalue weighted by Crippen LogP contribution is -2.51. The fourth-order valence-corrected chi connectivity index (χ4v) is 3.53. The van der Waals surface area contributed by atoms with Crippen LogP contribution in [0.3, 0.4) is 0 Å². The van der Waals surface area contributed by atoms with Crippen LogP contribution in [0.4, 0.5) is 4.79 Å². The summed E-state index contributed by atoms with van der Waals surface area (Å²) in [6, 6.07) is 3.67. The number of esters is 1. The third kappa shape index (κ3) is 6.39. The van der Waals surface area contributed by atoms with Crippen LogP contribution in [0.1, 0.15) is 52.9 Å². The van der Waals surface area contributed by atoms with Crippen LogP contribution in [0.15, 0.2) is 17.1 Å². The Morgan fingerprint density at radius 1 is 1.36 bits per heavy atom. The Morgan fingerprint density at radius 3 is 2.53 bits per heavy atom. The fraction of sp³-hybridized carbons (Fsp3) is 0.609. The molecule has 1 aromatic rings. The van der Waals surface area contributed by atoms with Gasteiger partial charge in [0.2, 0.25) is 5.60 Å². The lowest BCUT2D eigenvalue weighted by Gasteiger charge is -2.31. The molecule has 0 spiro atoms. The average Bonchev–Trinajstić information content (AvgIpc) is 3.34. The summed E-state index contributed by atoms with van der Waals surface area (Å²) in [6.07, 6.45) is -4.59. The van der Waals surface area contributed by atoms with Crippen LogP contribution < -0.4 is 11.1 Å². The van der Waals surface area contributed by atoms with Crippen molar-refractivity contribution in [3.8, 4) is 6.07 Å². The molecule has 2 rings (SSSR count). The third-order valence-electron chi connectivity index (χ3n) is 5.34. The van der Waals surface area contributed by atoms with Gasteiger partial charge in [-0.25, -0.2) is 14.6 Å². The molecule has 0 aromatic carbocycles. The number of aliphatic hydroxyl groups excluding tert-OH is 2. The summed E-state index contributed by atoms with van der Waals surface area (Å²) in [5.41, 5.74) is 2.55. The number of aromatic amines is 1. The van der Waals surface area contributed by atoms with Crippen molar-refractivity contribution in [1.29, 1.82) is 10.7 Å². The van der Waals surface area contributed by atoms with Gasteiger partial charge in [-0.05, 0) is 38.3 Å². The molecule has 0 radical (unpaired) electrons. The molecule has 198 valence electrons. The highest BCUT2D eigenvalue weighted by Gasteiger charge is 2.57. The topological polar surface area (TPSA) is 216 Å². The van der Waals surface area contributed by atoms with Crippen molar-refractivity contribution in [3.05, 3.63) is 23.5 Å². The summed E-state index contributed by atoms with van der Waals surface area (Å²) in [5, 5.41) is 40.6. The van der Waals surface area contributed by atoms with E-state index < -0.39 is 59.6 Å². The quantitative estimate of drug-likeness (QED) is 0.173. The molecule has 7 N–H and O–H groups in total. The van der Waals surface area contributed by atoms with Crippen LogP contribution in [0.2, 0.25) is 0 Å². The number of alkyl carbamates (subject to hydrolysis) is 1. The molecule has 0 bridgehead atoms. The smallest absolute Gasteiger partial charge is 0.408 e. The van der Waals surface area contributed by atoms with E-state index in [2.05, 4.69) is 15.3 Å². The van der Waals surface area contributed by atoms with Gasteiger partial charge in [0.25, 0.3) is 0 Å². The van der Waals surface area contributed by atoms with Gasteiger partial charge in [0, 0.05) is 0 Å². The summed E-state index contributed by atoms with van der Waals surface area (Å²) in [7, 11) is 0. The Balaban J connectivity index is 2.17. The van der Waals surface area contributed by atoms with E-state index in [0.717, 1.165) is 6.34 Å². The van der Waals surface area contributed by atoms with Gasteiger partial charge >= 0.3 is 12.1 Å². The number of amidine groups is 1. The first-order valence-electron chi connectivity index (χ1n) is 11.2. The molecule has 1 aromatic heterocycles. The number of nitrogens with one attached hydrogen (secondary N) is 3. The minimum atomic E-state index is -2.02. The van der Waals surface area contributed by atoms with Crippen molar-refractivity contribution in [2.24, 2.45) is 16.1 Å². The van der Waals surface area contributed by atoms with Crippen LogP contribution in [0, 0.1) is 22.2 Å². The number of nitrogens with zero attached hydrogens (tertiary/aromatic N) is 2. The fourth-order valence-electron chi connectivity index (χ4n) is 3.53. The van der Waals surface area contributed by atoms with Gasteiger partial charge in [-0.1, -0.05) is 20.8 Å². The van der Waals surface area contributed by atoms with Crippen molar-refractivity contribution in [1.82, 2.24) is 10.3 Å². The summed E-state index contributed by atoms with van der Waals surface area (Å²) in [4.78, 5) is 31.5. The van der Waals surface area contributed by atoms with Gasteiger partial charge in [-0.15, -0.1) is 0 Å². The number of amides is 1. The number of aliphatic imine (C=N–C) groups is 1. The van der Waals surface area contributed by atoms with Gasteiger partial charge in [-0.3, -0.25) is 5.41 Å². The lowest BCUT2D eigenvalue weighted by atomic mass is 9.87. The molecular weight excluding hydrogens is 472 g/mol. The maximum atomic E-state index is 12.9. The number of nitrogens with two attached hydrogens (primary N) is 1. The van der Waals surface area contributed by atoms with Crippen LogP contribution in [0.5, 0.6) is 0 Å². The van der Waals surface area contributed by atoms with E-state index in [0.29, 0.717) is 0 Å². The number of aromatic nitrogens is 1. The van der Waals surface area contributed by atoms with Crippen molar-refractivity contribution in [3.63, 3.8) is 0 Å². The molecule has 1 fully saturated rings. The van der Waals surface area contributed by atoms with E-state index in [1.54, 1.807) is 41.5 Å². The maximum Gasteiger partial charge on any atom is 0.408 e. The van der Waals surface area contributed by atoms with Gasteiger partial charge in [0.05, 0.1) is 11.4 Å². The highest BCUT2D eigenvalue weighted by Crippen LogP contribution is 2.39. The zero-order valence-corrected chi connectivity index (χ0v) is 21.2. The molecule has 13 heteroatoms. The minimum Gasteiger partial charge on any atom is -0.461 e. The van der Waals surface area contributed by atoms with Crippen LogP contribution in [-0.2, 0) is 24.6 Å². The Labute approximate surface area is 209 Å². The van der Waals surface area contributed by atoms with Crippen LogP contribution in [0.25, 0.3) is 0 Å². The average molecular weight is 507 g/mol. The Bertz CT molecular complexity index is 1050. The lowest BCUT2D eigenvalue weighted by molar-refractivity contribution is -0.155. The molecule has 36 heavy (non-hydrogen) atoms. The highest BCUT2D eigenvalue weighted by atomic mass is 16.6. The number of rotatable bonds is 7. The molecule has 1 amide bonds. The molecule has 2 heterocycles. The van der Waals surface area contributed by atoms with Crippen LogP contribution in [-0.4, -0.2) is 76.0 Å². The first-order valence-corrected chi connectivity index (χ1v) is 11.2. The van der Waals surface area contributed by atoms with Crippen LogP contribution >= 0.6 is 0 Å². The zero-order valence-electron chi connectivity index (χ0n) is 21.2. The number of hydrogen-bond acceptors (Lipinski definition) is 9. The van der Waals surface area contributed by atoms with Crippen molar-refractivity contribution < 1.29 is 34.0 Å². The number of hydrogen-bond donors (Lipinski definition) is 6. The normalized spacial score (nSPS) is 25.5. The number of nitriles is 1. The van der Waals surface area contributed by atoms with Gasteiger partial charge < -0.3 is 40.5 Å². The summed E-state index contributed by atoms with van der Waals surface area (Å²) in [6.45, 7) is 9.71. The Morgan fingerprint density at radius 2 is 2.00 bits per heavy atom. The molecule has 0 saturated carbocycles. The van der Waals surface area contributed by atoms with E-state index in [1.807, 2.05) is 6.07 Å². The monoisotopic (exact) mass is 506 g/mol. The van der Waals surface area contributed by atoms with Gasteiger partial charge in [-0.2, -0.15) is 5.26 Å². The standard InChI is InChI=1S/C23H34N6O7/c1-21(2,3)16(29-20(33)36-22(4,5)6)19(32)34-9-13-15(30)17(31)23(10-24,35-13)14-8-7-12(28-14)18(26)27-11-25/h7-8,11,13,15-17,28,30-31H,9H2,1-6H3,(H,29,33)(H3,25,26,27)/t13-,15-,16-,17-,23+/m1/s1. The second-order valence-electron chi connectivity index (χ2n) is 10.4. The summed E-state index contributed by atoms with van der Waals surface area (Å²) < 4.78 is 16.3. The maximum absolute atomic E-state index is 12.9. The van der Waals surface area contributed by atoms with Gasteiger partial charge in [0.1, 0.15) is 54.8 Å². The molecule has 1 aliphatic heterocycles. The predicted molar refractivity (Wildman–Crippen MR) is 128 cm³/mol. The highest BCUT2D eigenvalue weighted by molar-refractivity contribution is 5.99. The number of H-pyrrole nitrogens is 1. The van der Waals surface area contributed by atoms with E-state index in [-0.39, 0.29) is 17.2 Å². The second kappa shape index (κ2) is 10.7. The molecule has 1 aliphatic rings. The number of aliphatic hydroxyl groups is 2. The number of carbonyl (C=O) groups excluding carboxylic acids is 2. The van der Waals surface area contributed by atoms with Crippen molar-refractivity contribution in [2.75, 3.05) is 6.61 Å². The van der Waals surface area contributed by atoms with E-state index >= 15 is 0 Å². The number of ether oxygens (including phenoxy) is 3. The summed E-state index contributed by atoms with van der Waals surface area (Å²) >= 11 is 0. The first-order chi connectivity index (χ1) is 16.6. The Kier molecular flexibility index (Phi) is 8.51. The van der Waals surface area contributed by atoms with E-state index in [4.69, 9.17) is 25.4 Å². The molecular formula is C23H34N6O7. The molecule has 13 nitrogen and oxygen atoms in total. The first kappa shape index (κ1) is 28.8. The molecule has 1 saturated heterocycles. The SMILES string of the molecule is CC(C)(C)OC(=O)N[C@H](C(=O)OC[C@H]1O[C@@](C#N)(c2ccc(/C(N)=N\C=N)[nH]2)[C@H](O)[C@@H]1O)C(C)(C)C.